The van der Waals surface area contributed by atoms with E-state index >= 15 is 0 Å². The van der Waals surface area contributed by atoms with Crippen LogP contribution in [0.15, 0.2) is 42.5 Å². The fourth-order valence-electron chi connectivity index (χ4n) is 2.22. The maximum absolute atomic E-state index is 3.91. The third kappa shape index (κ3) is 13.9. The normalized spacial score (nSPS) is 12.3. The summed E-state index contributed by atoms with van der Waals surface area (Å²) in [5.74, 6) is 2.15. The Balaban J connectivity index is 0. The monoisotopic (exact) mass is 358 g/mol. The molecule has 0 nitrogen and oxygen atoms in total. The van der Waals surface area contributed by atoms with Gasteiger partial charge in [0.15, 0.2) is 0 Å². The molecule has 0 aliphatic carbocycles. The van der Waals surface area contributed by atoms with E-state index in [1.54, 1.807) is 0 Å². The zero-order chi connectivity index (χ0) is 20.9. The Kier molecular flexibility index (Phi) is 15.4. The maximum atomic E-state index is 3.91. The van der Waals surface area contributed by atoms with Crippen LogP contribution < -0.4 is 0 Å². The van der Waals surface area contributed by atoms with Crippen molar-refractivity contribution in [2.45, 2.75) is 88.5 Å². The van der Waals surface area contributed by atoms with Crippen molar-refractivity contribution in [3.8, 4) is 0 Å². The van der Waals surface area contributed by atoms with Gasteiger partial charge in [0.2, 0.25) is 0 Å². The van der Waals surface area contributed by atoms with Gasteiger partial charge in [-0.25, -0.2) is 0 Å². The lowest BCUT2D eigenvalue weighted by atomic mass is 9.92. The first-order valence-electron chi connectivity index (χ1n) is 10.3. The minimum Gasteiger partial charge on any atom is -0.0999 e. The molecule has 1 aromatic rings. The summed E-state index contributed by atoms with van der Waals surface area (Å²) in [6, 6.07) is 6.50. The standard InChI is InChI=1S/C9H12.C9H18.C8H16/c1-7-4-5-8(2)9(3)6-7;1-5-6-7-9(4)8(2)3;1-6(2)8(5)7(3)4/h4-6H,1-3H3;9H,2,5-7H2,1,3-4H3;7-8H,1H2,2-5H3. The minimum absolute atomic E-state index is 0.676. The van der Waals surface area contributed by atoms with Gasteiger partial charge >= 0.3 is 0 Å². The van der Waals surface area contributed by atoms with Gasteiger partial charge in [0.1, 0.15) is 0 Å². The van der Waals surface area contributed by atoms with Crippen molar-refractivity contribution in [2.24, 2.45) is 17.8 Å². The van der Waals surface area contributed by atoms with E-state index in [9.17, 15) is 0 Å². The quantitative estimate of drug-likeness (QED) is 0.445. The maximum Gasteiger partial charge on any atom is -0.0214 e. The predicted molar refractivity (Wildman–Crippen MR) is 123 cm³/mol. The van der Waals surface area contributed by atoms with Crippen LogP contribution >= 0.6 is 0 Å². The molecule has 0 amide bonds. The van der Waals surface area contributed by atoms with Gasteiger partial charge in [-0.15, -0.1) is 0 Å². The first-order valence-corrected chi connectivity index (χ1v) is 10.3. The van der Waals surface area contributed by atoms with Crippen molar-refractivity contribution in [3.63, 3.8) is 0 Å². The molecule has 0 aromatic heterocycles. The van der Waals surface area contributed by atoms with Crippen LogP contribution in [-0.2, 0) is 0 Å². The molecule has 2 atom stereocenters. The van der Waals surface area contributed by atoms with E-state index in [0.717, 1.165) is 11.8 Å². The van der Waals surface area contributed by atoms with Gasteiger partial charge in [-0.2, -0.15) is 0 Å². The van der Waals surface area contributed by atoms with Gasteiger partial charge in [-0.05, 0) is 69.9 Å². The molecule has 1 aromatic carbocycles. The van der Waals surface area contributed by atoms with Gasteiger partial charge in [0.05, 0.1) is 0 Å². The number of benzene rings is 1. The highest BCUT2D eigenvalue weighted by Crippen LogP contribution is 2.16. The lowest BCUT2D eigenvalue weighted by molar-refractivity contribution is 0.481. The van der Waals surface area contributed by atoms with Crippen LogP contribution in [0.1, 0.15) is 84.4 Å². The van der Waals surface area contributed by atoms with E-state index in [1.807, 2.05) is 0 Å². The molecule has 1 rings (SSSR count). The Hall–Kier alpha value is -1.30. The average molecular weight is 359 g/mol. The molecule has 0 radical (unpaired) electrons. The first kappa shape index (κ1) is 26.9. The van der Waals surface area contributed by atoms with E-state index in [-0.39, 0.29) is 0 Å². The van der Waals surface area contributed by atoms with E-state index in [0.29, 0.717) is 5.92 Å². The predicted octanol–water partition coefficient (Wildman–Crippen LogP) is 8.86. The van der Waals surface area contributed by atoms with Crippen LogP contribution in [-0.4, -0.2) is 0 Å². The van der Waals surface area contributed by atoms with Gasteiger partial charge in [-0.1, -0.05) is 95.5 Å². The third-order valence-corrected chi connectivity index (χ3v) is 5.27. The average Bonchev–Trinajstić information content (AvgIpc) is 2.56. The van der Waals surface area contributed by atoms with E-state index < -0.39 is 0 Å². The fraction of sp³-hybridized carbons (Fsp3) is 0.615. The molecule has 0 saturated heterocycles. The van der Waals surface area contributed by atoms with Crippen molar-refractivity contribution in [1.29, 1.82) is 0 Å². The first-order chi connectivity index (χ1) is 11.9. The molecule has 0 aliphatic heterocycles. The van der Waals surface area contributed by atoms with Crippen LogP contribution in [0.5, 0.6) is 0 Å². The van der Waals surface area contributed by atoms with Crippen LogP contribution in [0, 0.1) is 38.5 Å². The zero-order valence-corrected chi connectivity index (χ0v) is 19.5. The van der Waals surface area contributed by atoms with Crippen LogP contribution in [0.4, 0.5) is 0 Å². The van der Waals surface area contributed by atoms with Gasteiger partial charge < -0.3 is 0 Å². The SMILES string of the molecule is C=C(C)C(C)C(C)C.C=C(C)C(C)CCCC.Cc1ccc(C)c(C)c1. The number of hydrogen-bond donors (Lipinski definition) is 0. The second-order valence-electron chi connectivity index (χ2n) is 8.36. The summed E-state index contributed by atoms with van der Waals surface area (Å²) in [6.07, 6.45) is 3.96. The number of rotatable bonds is 6. The molecule has 0 fully saturated rings. The number of hydrogen-bond acceptors (Lipinski definition) is 0. The Morgan fingerprint density at radius 2 is 1.42 bits per heavy atom. The van der Waals surface area contributed by atoms with Crippen LogP contribution in [0.25, 0.3) is 0 Å². The summed E-state index contributed by atoms with van der Waals surface area (Å²) in [5, 5.41) is 0. The summed E-state index contributed by atoms with van der Waals surface area (Å²) >= 11 is 0. The highest BCUT2D eigenvalue weighted by atomic mass is 14.1. The van der Waals surface area contributed by atoms with Crippen molar-refractivity contribution in [3.05, 3.63) is 59.2 Å². The lowest BCUT2D eigenvalue weighted by Crippen LogP contribution is -2.03. The molecule has 0 bridgehead atoms. The Labute approximate surface area is 165 Å². The fourth-order valence-corrected chi connectivity index (χ4v) is 2.22. The van der Waals surface area contributed by atoms with E-state index in [1.165, 1.54) is 47.1 Å². The zero-order valence-electron chi connectivity index (χ0n) is 19.5. The molecule has 2 unspecified atom stereocenters. The summed E-state index contributed by atoms with van der Waals surface area (Å²) in [7, 11) is 0. The second-order valence-corrected chi connectivity index (χ2v) is 8.36. The third-order valence-electron chi connectivity index (χ3n) is 5.27. The molecule has 0 spiro atoms. The molecule has 0 heteroatoms. The number of aryl methyl sites for hydroxylation is 3. The van der Waals surface area contributed by atoms with Crippen molar-refractivity contribution >= 4 is 0 Å². The van der Waals surface area contributed by atoms with Gasteiger partial charge in [0.25, 0.3) is 0 Å². The number of allylic oxidation sites excluding steroid dienone is 2. The molecule has 0 heterocycles. The summed E-state index contributed by atoms with van der Waals surface area (Å²) < 4.78 is 0. The largest absolute Gasteiger partial charge is 0.0999 e. The molecule has 0 N–H and O–H groups in total. The molecule has 0 saturated carbocycles. The Morgan fingerprint density at radius 3 is 1.69 bits per heavy atom. The highest BCUT2D eigenvalue weighted by Gasteiger charge is 2.05. The van der Waals surface area contributed by atoms with Crippen molar-refractivity contribution < 1.29 is 0 Å². The second kappa shape index (κ2) is 14.8. The lowest BCUT2D eigenvalue weighted by Gasteiger charge is -2.13. The van der Waals surface area contributed by atoms with Gasteiger partial charge in [-0.3, -0.25) is 0 Å². The molecule has 0 aliphatic rings. The molecule has 150 valence electrons. The molecular weight excluding hydrogens is 312 g/mol. The topological polar surface area (TPSA) is 0 Å². The summed E-state index contributed by atoms with van der Waals surface area (Å²) in [6.45, 7) is 29.5. The number of unbranched alkanes of at least 4 members (excludes halogenated alkanes) is 1. The summed E-state index contributed by atoms with van der Waals surface area (Å²) in [5.41, 5.74) is 6.72. The Bertz CT molecular complexity index is 519. The minimum atomic E-state index is 0.676. The van der Waals surface area contributed by atoms with Crippen molar-refractivity contribution in [1.82, 2.24) is 0 Å². The smallest absolute Gasteiger partial charge is 0.0214 e. The highest BCUT2D eigenvalue weighted by molar-refractivity contribution is 5.28. The van der Waals surface area contributed by atoms with Gasteiger partial charge in [0, 0.05) is 0 Å². The summed E-state index contributed by atoms with van der Waals surface area (Å²) in [4.78, 5) is 0. The van der Waals surface area contributed by atoms with Crippen molar-refractivity contribution in [2.75, 3.05) is 0 Å². The molecule has 26 heavy (non-hydrogen) atoms. The Morgan fingerprint density at radius 1 is 0.885 bits per heavy atom. The van der Waals surface area contributed by atoms with Crippen LogP contribution in [0.3, 0.4) is 0 Å². The van der Waals surface area contributed by atoms with E-state index in [4.69, 9.17) is 0 Å². The van der Waals surface area contributed by atoms with E-state index in [2.05, 4.69) is 101 Å². The van der Waals surface area contributed by atoms with Crippen LogP contribution in [0.2, 0.25) is 0 Å². The molecular formula is C26H46.